The molecule has 0 aliphatic rings. The molecule has 0 amide bonds. The Morgan fingerprint density at radius 3 is 2.65 bits per heavy atom. The average Bonchev–Trinajstić information content (AvgIpc) is 2.80. The van der Waals surface area contributed by atoms with Crippen LogP contribution in [-0.2, 0) is 6.42 Å². The fraction of sp³-hybridized carbons (Fsp3) is 0.231. The number of benzene rings is 1. The van der Waals surface area contributed by atoms with Crippen molar-refractivity contribution in [3.05, 3.63) is 57.3 Å². The summed E-state index contributed by atoms with van der Waals surface area (Å²) in [7, 11) is 0. The van der Waals surface area contributed by atoms with E-state index in [9.17, 15) is 8.78 Å². The van der Waals surface area contributed by atoms with Gasteiger partial charge in [0.2, 0.25) is 0 Å². The van der Waals surface area contributed by atoms with Crippen molar-refractivity contribution in [3.63, 3.8) is 0 Å². The minimum absolute atomic E-state index is 0.389. The Kier molecular flexibility index (Phi) is 3.54. The summed E-state index contributed by atoms with van der Waals surface area (Å²) in [6.07, 6.45) is 0.885. The molecule has 2 aromatic rings. The third-order valence-electron chi connectivity index (χ3n) is 2.75. The van der Waals surface area contributed by atoms with Gasteiger partial charge in [0.1, 0.15) is 0 Å². The lowest BCUT2D eigenvalue weighted by Gasteiger charge is -2.12. The van der Waals surface area contributed by atoms with Crippen LogP contribution < -0.4 is 5.73 Å². The molecule has 0 bridgehead atoms. The fourth-order valence-electron chi connectivity index (χ4n) is 1.77. The van der Waals surface area contributed by atoms with Crippen molar-refractivity contribution in [2.75, 3.05) is 0 Å². The lowest BCUT2D eigenvalue weighted by molar-refractivity contribution is 0.506. The molecule has 1 aromatic carbocycles. The Morgan fingerprint density at radius 1 is 1.24 bits per heavy atom. The highest BCUT2D eigenvalue weighted by atomic mass is 32.1. The van der Waals surface area contributed by atoms with E-state index in [0.29, 0.717) is 5.56 Å². The number of halogens is 2. The highest BCUT2D eigenvalue weighted by Crippen LogP contribution is 2.28. The number of hydrogen-bond donors (Lipinski definition) is 1. The molecule has 1 nitrogen and oxygen atoms in total. The van der Waals surface area contributed by atoms with Crippen LogP contribution in [0, 0.1) is 11.6 Å². The van der Waals surface area contributed by atoms with E-state index in [1.165, 1.54) is 12.1 Å². The molecular weight excluding hydrogens is 240 g/mol. The first-order chi connectivity index (χ1) is 8.13. The van der Waals surface area contributed by atoms with Gasteiger partial charge in [0.15, 0.2) is 11.6 Å². The Balaban J connectivity index is 2.36. The van der Waals surface area contributed by atoms with Crippen molar-refractivity contribution in [2.24, 2.45) is 5.73 Å². The van der Waals surface area contributed by atoms with Crippen LogP contribution in [0.3, 0.4) is 0 Å². The van der Waals surface area contributed by atoms with E-state index in [-0.39, 0.29) is 6.04 Å². The number of rotatable bonds is 3. The molecule has 4 heteroatoms. The van der Waals surface area contributed by atoms with Gasteiger partial charge in [-0.05, 0) is 41.1 Å². The number of aryl methyl sites for hydroxylation is 1. The highest BCUT2D eigenvalue weighted by molar-refractivity contribution is 7.10. The maximum atomic E-state index is 13.1. The lowest BCUT2D eigenvalue weighted by Crippen LogP contribution is -2.12. The van der Waals surface area contributed by atoms with Crippen molar-refractivity contribution in [3.8, 4) is 0 Å². The molecule has 1 heterocycles. The Morgan fingerprint density at radius 2 is 2.00 bits per heavy atom. The summed E-state index contributed by atoms with van der Waals surface area (Å²) < 4.78 is 26.0. The zero-order chi connectivity index (χ0) is 12.4. The van der Waals surface area contributed by atoms with E-state index >= 15 is 0 Å². The molecule has 0 spiro atoms. The van der Waals surface area contributed by atoms with Crippen molar-refractivity contribution in [1.82, 2.24) is 0 Å². The van der Waals surface area contributed by atoms with Crippen molar-refractivity contribution < 1.29 is 8.78 Å². The quantitative estimate of drug-likeness (QED) is 0.888. The van der Waals surface area contributed by atoms with Crippen molar-refractivity contribution in [2.45, 2.75) is 19.4 Å². The Hall–Kier alpha value is -1.26. The van der Waals surface area contributed by atoms with Crippen LogP contribution in [0.2, 0.25) is 0 Å². The first kappa shape index (κ1) is 12.2. The van der Waals surface area contributed by atoms with Gasteiger partial charge in [-0.1, -0.05) is 13.0 Å². The zero-order valence-corrected chi connectivity index (χ0v) is 10.2. The highest BCUT2D eigenvalue weighted by Gasteiger charge is 2.15. The summed E-state index contributed by atoms with van der Waals surface area (Å²) >= 11 is 1.55. The summed E-state index contributed by atoms with van der Waals surface area (Å²) in [5.74, 6) is -1.70. The second-order valence-electron chi connectivity index (χ2n) is 3.81. The van der Waals surface area contributed by atoms with Crippen LogP contribution in [0.15, 0.2) is 29.6 Å². The first-order valence-electron chi connectivity index (χ1n) is 5.40. The minimum atomic E-state index is -0.854. The largest absolute Gasteiger partial charge is 0.320 e. The SMILES string of the molecule is CCc1ccsc1C(N)c1ccc(F)c(F)c1. The molecular formula is C13H13F2NS. The Labute approximate surface area is 103 Å². The summed E-state index contributed by atoms with van der Waals surface area (Å²) in [6.45, 7) is 2.05. The third-order valence-corrected chi connectivity index (χ3v) is 3.79. The molecule has 0 aliphatic carbocycles. The summed E-state index contributed by atoms with van der Waals surface area (Å²) in [4.78, 5) is 1.01. The predicted octanol–water partition coefficient (Wildman–Crippen LogP) is 3.64. The van der Waals surface area contributed by atoms with Crippen LogP contribution in [0.25, 0.3) is 0 Å². The number of nitrogens with two attached hydrogens (primary N) is 1. The van der Waals surface area contributed by atoms with Gasteiger partial charge < -0.3 is 5.73 Å². The topological polar surface area (TPSA) is 26.0 Å². The maximum absolute atomic E-state index is 13.1. The van der Waals surface area contributed by atoms with E-state index in [1.807, 2.05) is 18.4 Å². The number of hydrogen-bond acceptors (Lipinski definition) is 2. The van der Waals surface area contributed by atoms with Crippen molar-refractivity contribution >= 4 is 11.3 Å². The van der Waals surface area contributed by atoms with Crippen LogP contribution in [0.4, 0.5) is 8.78 Å². The molecule has 90 valence electrons. The summed E-state index contributed by atoms with van der Waals surface area (Å²) in [5, 5.41) is 1.97. The molecule has 0 saturated heterocycles. The standard InChI is InChI=1S/C13H13F2NS/c1-2-8-5-6-17-13(8)12(16)9-3-4-10(14)11(15)7-9/h3-7,12H,2,16H2,1H3. The van der Waals surface area contributed by atoms with Gasteiger partial charge in [0.05, 0.1) is 6.04 Å². The van der Waals surface area contributed by atoms with Crippen LogP contribution in [0.5, 0.6) is 0 Å². The molecule has 0 aliphatic heterocycles. The fourth-order valence-corrected chi connectivity index (χ4v) is 2.79. The van der Waals surface area contributed by atoms with E-state index in [4.69, 9.17) is 5.73 Å². The molecule has 0 fully saturated rings. The average molecular weight is 253 g/mol. The van der Waals surface area contributed by atoms with Gasteiger partial charge in [0.25, 0.3) is 0 Å². The second kappa shape index (κ2) is 4.94. The van der Waals surface area contributed by atoms with E-state index in [1.54, 1.807) is 11.3 Å². The molecule has 1 atom stereocenters. The van der Waals surface area contributed by atoms with E-state index in [2.05, 4.69) is 0 Å². The second-order valence-corrected chi connectivity index (χ2v) is 4.76. The van der Waals surface area contributed by atoms with Crippen LogP contribution in [0.1, 0.15) is 29.0 Å². The number of thiophene rings is 1. The molecule has 0 radical (unpaired) electrons. The van der Waals surface area contributed by atoms with Gasteiger partial charge in [0, 0.05) is 4.88 Å². The molecule has 17 heavy (non-hydrogen) atoms. The van der Waals surface area contributed by atoms with E-state index < -0.39 is 11.6 Å². The van der Waals surface area contributed by atoms with Gasteiger partial charge in [-0.25, -0.2) is 8.78 Å². The normalized spacial score (nSPS) is 12.7. The first-order valence-corrected chi connectivity index (χ1v) is 6.28. The predicted molar refractivity (Wildman–Crippen MR) is 66.1 cm³/mol. The molecule has 0 saturated carbocycles. The minimum Gasteiger partial charge on any atom is -0.320 e. The zero-order valence-electron chi connectivity index (χ0n) is 9.41. The summed E-state index contributed by atoms with van der Waals surface area (Å²) in [5.41, 5.74) is 7.84. The Bertz CT molecular complexity index is 522. The van der Waals surface area contributed by atoms with Gasteiger partial charge in [-0.3, -0.25) is 0 Å². The lowest BCUT2D eigenvalue weighted by atomic mass is 10.0. The van der Waals surface area contributed by atoms with Crippen LogP contribution >= 0.6 is 11.3 Å². The van der Waals surface area contributed by atoms with E-state index in [0.717, 1.165) is 22.9 Å². The van der Waals surface area contributed by atoms with Crippen LogP contribution in [-0.4, -0.2) is 0 Å². The smallest absolute Gasteiger partial charge is 0.159 e. The maximum Gasteiger partial charge on any atom is 0.159 e. The molecule has 2 N–H and O–H groups in total. The van der Waals surface area contributed by atoms with Gasteiger partial charge in [-0.2, -0.15) is 0 Å². The third kappa shape index (κ3) is 2.37. The van der Waals surface area contributed by atoms with Gasteiger partial charge >= 0.3 is 0 Å². The summed E-state index contributed by atoms with van der Waals surface area (Å²) in [6, 6.07) is 5.44. The molecule has 1 aromatic heterocycles. The molecule has 2 rings (SSSR count). The van der Waals surface area contributed by atoms with Crippen molar-refractivity contribution in [1.29, 1.82) is 0 Å². The monoisotopic (exact) mass is 253 g/mol. The molecule has 1 unspecified atom stereocenters. The van der Waals surface area contributed by atoms with Gasteiger partial charge in [-0.15, -0.1) is 11.3 Å².